The fraction of sp³-hybridized carbons (Fsp3) is 0.273. The molecule has 32 heavy (non-hydrogen) atoms. The van der Waals surface area contributed by atoms with E-state index in [0.29, 0.717) is 5.69 Å². The molecule has 0 unspecified atom stereocenters. The van der Waals surface area contributed by atoms with Crippen LogP contribution in [-0.2, 0) is 25.6 Å². The topological polar surface area (TPSA) is 106 Å². The molecule has 1 atom stereocenters. The van der Waals surface area contributed by atoms with Gasteiger partial charge < -0.3 is 20.2 Å². The molecule has 0 aliphatic heterocycles. The zero-order chi connectivity index (χ0) is 23.7. The number of esters is 1. The molecular formula is C22H23Cl2N3O5. The summed E-state index contributed by atoms with van der Waals surface area (Å²) >= 11 is 12.1. The van der Waals surface area contributed by atoms with E-state index >= 15 is 0 Å². The predicted octanol–water partition coefficient (Wildman–Crippen LogP) is 3.86. The highest BCUT2D eigenvalue weighted by molar-refractivity contribution is 6.40. The van der Waals surface area contributed by atoms with Crippen LogP contribution in [0.5, 0.6) is 0 Å². The van der Waals surface area contributed by atoms with Gasteiger partial charge >= 0.3 is 5.97 Å². The van der Waals surface area contributed by atoms with Gasteiger partial charge in [0.2, 0.25) is 0 Å². The van der Waals surface area contributed by atoms with Crippen molar-refractivity contribution in [2.24, 2.45) is 5.16 Å². The Bertz CT molecular complexity index is 989. The molecule has 0 saturated carbocycles. The highest BCUT2D eigenvalue weighted by atomic mass is 35.5. The molecule has 0 heterocycles. The van der Waals surface area contributed by atoms with E-state index in [2.05, 4.69) is 20.6 Å². The first kappa shape index (κ1) is 25.2. The number of carbonyl (C=O) groups is 3. The lowest BCUT2D eigenvalue weighted by Crippen LogP contribution is -2.45. The van der Waals surface area contributed by atoms with E-state index in [1.54, 1.807) is 49.4 Å². The molecule has 0 radical (unpaired) electrons. The summed E-state index contributed by atoms with van der Waals surface area (Å²) in [4.78, 5) is 41.6. The first-order valence-electron chi connectivity index (χ1n) is 9.66. The number of hydrogen-bond acceptors (Lipinski definition) is 6. The monoisotopic (exact) mass is 479 g/mol. The fourth-order valence-corrected chi connectivity index (χ4v) is 3.31. The normalized spacial score (nSPS) is 12.0. The lowest BCUT2D eigenvalue weighted by molar-refractivity contribution is -0.146. The predicted molar refractivity (Wildman–Crippen MR) is 123 cm³/mol. The van der Waals surface area contributed by atoms with Crippen LogP contribution in [0.2, 0.25) is 10.0 Å². The van der Waals surface area contributed by atoms with E-state index in [0.717, 1.165) is 5.56 Å². The van der Waals surface area contributed by atoms with Crippen LogP contribution in [0.15, 0.2) is 47.6 Å². The number of anilines is 1. The van der Waals surface area contributed by atoms with Crippen molar-refractivity contribution in [3.8, 4) is 0 Å². The third-order valence-electron chi connectivity index (χ3n) is 4.27. The third kappa shape index (κ3) is 6.96. The van der Waals surface area contributed by atoms with Gasteiger partial charge in [-0.05, 0) is 43.7 Å². The van der Waals surface area contributed by atoms with Gasteiger partial charge in [-0.2, -0.15) is 0 Å². The second kappa shape index (κ2) is 12.1. The van der Waals surface area contributed by atoms with Crippen LogP contribution >= 0.6 is 23.2 Å². The smallest absolute Gasteiger partial charge is 0.328 e. The van der Waals surface area contributed by atoms with Crippen molar-refractivity contribution in [1.29, 1.82) is 0 Å². The summed E-state index contributed by atoms with van der Waals surface area (Å²) in [6, 6.07) is 10.7. The van der Waals surface area contributed by atoms with E-state index in [1.165, 1.54) is 14.0 Å². The van der Waals surface area contributed by atoms with E-state index in [-0.39, 0.29) is 34.3 Å². The van der Waals surface area contributed by atoms with Gasteiger partial charge in [0.25, 0.3) is 11.8 Å². The van der Waals surface area contributed by atoms with Gasteiger partial charge in [-0.25, -0.2) is 4.79 Å². The maximum absolute atomic E-state index is 12.5. The molecule has 0 aromatic heterocycles. The average molecular weight is 480 g/mol. The molecule has 8 nitrogen and oxygen atoms in total. The highest BCUT2D eigenvalue weighted by Crippen LogP contribution is 2.25. The molecule has 2 N–H and O–H groups in total. The van der Waals surface area contributed by atoms with Crippen LogP contribution in [0.4, 0.5) is 5.69 Å². The number of nitrogens with one attached hydrogen (secondary N) is 2. The standard InChI is InChI=1S/C22H23Cl2N3O5/c1-4-32-22(30)18(26-20(28)13(2)27-31-3)12-14-8-10-15(11-9-14)25-21(29)19-16(23)6-5-7-17(19)24/h5-11,18H,4,12H2,1-3H3,(H,25,29)(H,26,28)/t18-/m0/s1. The quantitative estimate of drug-likeness (QED) is 0.322. The van der Waals surface area contributed by atoms with Crippen LogP contribution in [-0.4, -0.2) is 43.3 Å². The molecule has 0 fully saturated rings. The second-order valence-electron chi connectivity index (χ2n) is 6.59. The van der Waals surface area contributed by atoms with Gasteiger partial charge in [0.15, 0.2) is 0 Å². The summed E-state index contributed by atoms with van der Waals surface area (Å²) in [7, 11) is 1.32. The Labute approximate surface area is 195 Å². The number of rotatable bonds is 9. The van der Waals surface area contributed by atoms with Gasteiger partial charge in [-0.15, -0.1) is 0 Å². The van der Waals surface area contributed by atoms with Crippen LogP contribution in [0.1, 0.15) is 29.8 Å². The molecule has 0 aliphatic carbocycles. The minimum absolute atomic E-state index is 0.0677. The SMILES string of the molecule is CCOC(=O)[C@H](Cc1ccc(NC(=O)c2c(Cl)cccc2Cl)cc1)NC(=O)C(C)=NOC. The van der Waals surface area contributed by atoms with Crippen molar-refractivity contribution in [2.45, 2.75) is 26.3 Å². The van der Waals surface area contributed by atoms with Crippen LogP contribution < -0.4 is 10.6 Å². The maximum Gasteiger partial charge on any atom is 0.328 e. The molecule has 2 rings (SSSR count). The van der Waals surface area contributed by atoms with Gasteiger partial charge in [-0.3, -0.25) is 9.59 Å². The first-order valence-corrected chi connectivity index (χ1v) is 10.4. The largest absolute Gasteiger partial charge is 0.464 e. The molecule has 2 aromatic carbocycles. The molecule has 170 valence electrons. The summed E-state index contributed by atoms with van der Waals surface area (Å²) in [5.74, 6) is -1.57. The Morgan fingerprint density at radius 2 is 1.69 bits per heavy atom. The summed E-state index contributed by atoms with van der Waals surface area (Å²) in [6.45, 7) is 3.31. The lowest BCUT2D eigenvalue weighted by Gasteiger charge is -2.17. The van der Waals surface area contributed by atoms with Crippen molar-refractivity contribution >= 4 is 52.4 Å². The summed E-state index contributed by atoms with van der Waals surface area (Å²) in [5.41, 5.74) is 1.49. The average Bonchev–Trinajstić information content (AvgIpc) is 2.74. The van der Waals surface area contributed by atoms with Gasteiger partial charge in [-0.1, -0.05) is 46.6 Å². The summed E-state index contributed by atoms with van der Waals surface area (Å²) in [5, 5.41) is 9.36. The number of nitrogens with zero attached hydrogens (tertiary/aromatic N) is 1. The first-order chi connectivity index (χ1) is 15.3. The molecular weight excluding hydrogens is 457 g/mol. The van der Waals surface area contributed by atoms with E-state index < -0.39 is 23.8 Å². The number of ether oxygens (including phenoxy) is 1. The molecule has 2 amide bonds. The number of amides is 2. The number of halogens is 2. The van der Waals surface area contributed by atoms with Gasteiger partial charge in [0, 0.05) is 12.1 Å². The summed E-state index contributed by atoms with van der Waals surface area (Å²) in [6.07, 6.45) is 0.176. The Morgan fingerprint density at radius 1 is 1.06 bits per heavy atom. The van der Waals surface area contributed by atoms with Crippen molar-refractivity contribution in [3.05, 3.63) is 63.6 Å². The maximum atomic E-state index is 12.5. The molecule has 0 aliphatic rings. The Hall–Kier alpha value is -3.10. The number of hydrogen-bond donors (Lipinski definition) is 2. The van der Waals surface area contributed by atoms with Gasteiger partial charge in [0.1, 0.15) is 18.9 Å². The minimum Gasteiger partial charge on any atom is -0.464 e. The molecule has 0 spiro atoms. The third-order valence-corrected chi connectivity index (χ3v) is 4.90. The van der Waals surface area contributed by atoms with Crippen molar-refractivity contribution in [2.75, 3.05) is 19.0 Å². The highest BCUT2D eigenvalue weighted by Gasteiger charge is 2.24. The molecule has 2 aromatic rings. The number of benzene rings is 2. The van der Waals surface area contributed by atoms with E-state index in [9.17, 15) is 14.4 Å². The van der Waals surface area contributed by atoms with E-state index in [4.69, 9.17) is 27.9 Å². The van der Waals surface area contributed by atoms with Crippen molar-refractivity contribution in [3.63, 3.8) is 0 Å². The van der Waals surface area contributed by atoms with Gasteiger partial charge in [0.05, 0.1) is 22.2 Å². The fourth-order valence-electron chi connectivity index (χ4n) is 2.75. The molecule has 0 bridgehead atoms. The summed E-state index contributed by atoms with van der Waals surface area (Å²) < 4.78 is 5.06. The minimum atomic E-state index is -0.924. The van der Waals surface area contributed by atoms with Crippen LogP contribution in [0.25, 0.3) is 0 Å². The zero-order valence-electron chi connectivity index (χ0n) is 17.8. The Kier molecular flexibility index (Phi) is 9.49. The number of oxime groups is 1. The van der Waals surface area contributed by atoms with Crippen molar-refractivity contribution in [1.82, 2.24) is 5.32 Å². The molecule has 10 heteroatoms. The Balaban J connectivity index is 2.11. The lowest BCUT2D eigenvalue weighted by atomic mass is 10.0. The van der Waals surface area contributed by atoms with Crippen molar-refractivity contribution < 1.29 is 24.0 Å². The molecule has 0 saturated heterocycles. The second-order valence-corrected chi connectivity index (χ2v) is 7.40. The number of carbonyl (C=O) groups excluding carboxylic acids is 3. The van der Waals surface area contributed by atoms with Crippen LogP contribution in [0.3, 0.4) is 0 Å². The Morgan fingerprint density at radius 3 is 2.25 bits per heavy atom. The van der Waals surface area contributed by atoms with Crippen LogP contribution in [0, 0.1) is 0 Å². The zero-order valence-corrected chi connectivity index (χ0v) is 19.3. The van der Waals surface area contributed by atoms with E-state index in [1.807, 2.05) is 0 Å².